The van der Waals surface area contributed by atoms with Crippen LogP contribution in [0, 0.1) is 0 Å². The summed E-state index contributed by atoms with van der Waals surface area (Å²) in [5, 5.41) is 1.91. The van der Waals surface area contributed by atoms with Crippen LogP contribution < -0.4 is 5.32 Å². The average Bonchev–Trinajstić information content (AvgIpc) is 2.99. The van der Waals surface area contributed by atoms with Crippen molar-refractivity contribution in [2.45, 2.75) is 58.2 Å². The number of allylic oxidation sites excluding steroid dienone is 1. The molecule has 0 saturated carbocycles. The van der Waals surface area contributed by atoms with Crippen molar-refractivity contribution in [3.63, 3.8) is 0 Å². The molecule has 1 aliphatic heterocycles. The zero-order valence-electron chi connectivity index (χ0n) is 20.4. The number of Topliss-reactive ketones (excluding diaryl/α,β-unsaturated/α-hetero) is 1. The van der Waals surface area contributed by atoms with Crippen LogP contribution in [0.3, 0.4) is 0 Å². The maximum Gasteiger partial charge on any atom is 0.425 e. The van der Waals surface area contributed by atoms with E-state index < -0.39 is 34.9 Å². The summed E-state index contributed by atoms with van der Waals surface area (Å²) in [6, 6.07) is 15.1. The van der Waals surface area contributed by atoms with Crippen LogP contribution in [0.2, 0.25) is 0 Å². The van der Waals surface area contributed by atoms with Gasteiger partial charge in [0.05, 0.1) is 5.57 Å². The highest BCUT2D eigenvalue weighted by molar-refractivity contribution is 6.13. The average molecular weight is 487 g/mol. The number of hydrogen-bond acceptors (Lipinski definition) is 3. The van der Waals surface area contributed by atoms with E-state index in [1.807, 2.05) is 32.2 Å². The number of amides is 2. The number of hydrogen-bond donors (Lipinski definition) is 1. The van der Waals surface area contributed by atoms with Crippen LogP contribution in [0.1, 0.15) is 56.1 Å². The molecule has 0 bridgehead atoms. The van der Waals surface area contributed by atoms with E-state index >= 15 is 0 Å². The molecule has 1 heterocycles. The fourth-order valence-electron chi connectivity index (χ4n) is 4.36. The van der Waals surface area contributed by atoms with Crippen LogP contribution in [-0.4, -0.2) is 40.8 Å². The van der Waals surface area contributed by atoms with E-state index in [1.54, 1.807) is 36.4 Å². The SMILES string of the molecule is CC(=O)C1=C(C)N(CCc2ccccc2)C(=O)[C@]1(NC(=O)c1ccc(C(C)(C)C)cc1)C(F)(F)F. The zero-order chi connectivity index (χ0) is 26.2. The Balaban J connectivity index is 2.00. The maximum absolute atomic E-state index is 14.6. The highest BCUT2D eigenvalue weighted by Gasteiger charge is 2.69. The normalized spacial score (nSPS) is 18.7. The predicted molar refractivity (Wildman–Crippen MR) is 127 cm³/mol. The van der Waals surface area contributed by atoms with Crippen LogP contribution in [0.4, 0.5) is 13.2 Å². The van der Waals surface area contributed by atoms with Gasteiger partial charge in [-0.15, -0.1) is 0 Å². The molecule has 1 N–H and O–H groups in total. The number of alkyl halides is 3. The summed E-state index contributed by atoms with van der Waals surface area (Å²) >= 11 is 0. The molecule has 8 heteroatoms. The lowest BCUT2D eigenvalue weighted by Crippen LogP contribution is -2.66. The lowest BCUT2D eigenvalue weighted by Gasteiger charge is -2.33. The minimum Gasteiger partial charge on any atom is -0.326 e. The van der Waals surface area contributed by atoms with Crippen molar-refractivity contribution in [3.8, 4) is 0 Å². The van der Waals surface area contributed by atoms with Crippen molar-refractivity contribution in [2.75, 3.05) is 6.54 Å². The van der Waals surface area contributed by atoms with Gasteiger partial charge in [-0.3, -0.25) is 14.4 Å². The minimum absolute atomic E-state index is 0.0438. The van der Waals surface area contributed by atoms with E-state index in [0.717, 1.165) is 23.0 Å². The minimum atomic E-state index is -5.24. The van der Waals surface area contributed by atoms with Crippen molar-refractivity contribution in [1.29, 1.82) is 0 Å². The van der Waals surface area contributed by atoms with Gasteiger partial charge >= 0.3 is 6.18 Å². The molecule has 0 unspecified atom stereocenters. The quantitative estimate of drug-likeness (QED) is 0.628. The molecule has 3 rings (SSSR count). The Morgan fingerprint density at radius 3 is 2.03 bits per heavy atom. The second-order valence-electron chi connectivity index (χ2n) is 9.74. The number of nitrogens with zero attached hydrogens (tertiary/aromatic N) is 1. The van der Waals surface area contributed by atoms with Gasteiger partial charge in [-0.2, -0.15) is 13.2 Å². The van der Waals surface area contributed by atoms with E-state index in [9.17, 15) is 27.6 Å². The highest BCUT2D eigenvalue weighted by atomic mass is 19.4. The summed E-state index contributed by atoms with van der Waals surface area (Å²) in [7, 11) is 0. The van der Waals surface area contributed by atoms with Crippen molar-refractivity contribution in [2.24, 2.45) is 0 Å². The zero-order valence-corrected chi connectivity index (χ0v) is 20.4. The Morgan fingerprint density at radius 1 is 0.971 bits per heavy atom. The smallest absolute Gasteiger partial charge is 0.326 e. The fraction of sp³-hybridized carbons (Fsp3) is 0.370. The first kappa shape index (κ1) is 26.2. The second-order valence-corrected chi connectivity index (χ2v) is 9.74. The van der Waals surface area contributed by atoms with Gasteiger partial charge in [0.25, 0.3) is 11.8 Å². The molecule has 0 fully saturated rings. The molecule has 2 aromatic carbocycles. The Morgan fingerprint density at radius 2 is 1.54 bits per heavy atom. The molecule has 2 aromatic rings. The summed E-state index contributed by atoms with van der Waals surface area (Å²) in [4.78, 5) is 39.8. The van der Waals surface area contributed by atoms with Gasteiger partial charge in [-0.25, -0.2) is 0 Å². The van der Waals surface area contributed by atoms with Crippen LogP contribution in [0.15, 0.2) is 65.9 Å². The number of carbonyl (C=O) groups is 3. The van der Waals surface area contributed by atoms with Crippen LogP contribution in [0.25, 0.3) is 0 Å². The maximum atomic E-state index is 14.6. The van der Waals surface area contributed by atoms with E-state index in [-0.39, 0.29) is 29.6 Å². The molecule has 0 aliphatic carbocycles. The lowest BCUT2D eigenvalue weighted by atomic mass is 9.85. The number of carbonyl (C=O) groups excluding carboxylic acids is 3. The third-order valence-corrected chi connectivity index (χ3v) is 6.27. The monoisotopic (exact) mass is 486 g/mol. The van der Waals surface area contributed by atoms with Crippen LogP contribution in [-0.2, 0) is 21.4 Å². The third kappa shape index (κ3) is 4.88. The summed E-state index contributed by atoms with van der Waals surface area (Å²) in [6.45, 7) is 8.10. The molecule has 5 nitrogen and oxygen atoms in total. The molecule has 35 heavy (non-hydrogen) atoms. The summed E-state index contributed by atoms with van der Waals surface area (Å²) in [5.41, 5.74) is -2.88. The van der Waals surface area contributed by atoms with Gasteiger partial charge < -0.3 is 10.2 Å². The lowest BCUT2D eigenvalue weighted by molar-refractivity contribution is -0.190. The van der Waals surface area contributed by atoms with E-state index in [2.05, 4.69) is 0 Å². The van der Waals surface area contributed by atoms with Crippen molar-refractivity contribution in [3.05, 3.63) is 82.6 Å². The fourth-order valence-corrected chi connectivity index (χ4v) is 4.36. The molecule has 186 valence electrons. The predicted octanol–water partition coefficient (Wildman–Crippen LogP) is 4.96. The van der Waals surface area contributed by atoms with E-state index in [4.69, 9.17) is 0 Å². The first-order chi connectivity index (χ1) is 16.2. The molecule has 0 aromatic heterocycles. The van der Waals surface area contributed by atoms with E-state index in [1.165, 1.54) is 19.1 Å². The molecular formula is C27H29F3N2O3. The topological polar surface area (TPSA) is 66.5 Å². The number of benzene rings is 2. The highest BCUT2D eigenvalue weighted by Crippen LogP contribution is 2.45. The van der Waals surface area contributed by atoms with Crippen LogP contribution >= 0.6 is 0 Å². The molecule has 2 amide bonds. The number of halogens is 3. The van der Waals surface area contributed by atoms with Crippen molar-refractivity contribution < 1.29 is 27.6 Å². The van der Waals surface area contributed by atoms with Gasteiger partial charge in [-0.05, 0) is 48.9 Å². The van der Waals surface area contributed by atoms with Crippen LogP contribution in [0.5, 0.6) is 0 Å². The molecule has 0 saturated heterocycles. The molecule has 0 radical (unpaired) electrons. The first-order valence-electron chi connectivity index (χ1n) is 11.3. The van der Waals surface area contributed by atoms with Gasteiger partial charge in [0.2, 0.25) is 5.54 Å². The Bertz CT molecular complexity index is 1160. The molecular weight excluding hydrogens is 457 g/mol. The van der Waals surface area contributed by atoms with Gasteiger partial charge in [-0.1, -0.05) is 63.2 Å². The standard InChI is InChI=1S/C27H29F3N2O3/c1-17-22(18(2)33)26(27(28,29)30,24(35)32(17)16-15-19-9-7-6-8-10-19)31-23(34)20-11-13-21(14-12-20)25(3,4)5/h6-14H,15-16H2,1-5H3,(H,31,34)/t26-/m0/s1. The summed E-state index contributed by atoms with van der Waals surface area (Å²) < 4.78 is 43.9. The molecule has 0 spiro atoms. The van der Waals surface area contributed by atoms with Crippen molar-refractivity contribution in [1.82, 2.24) is 10.2 Å². The largest absolute Gasteiger partial charge is 0.425 e. The number of rotatable bonds is 6. The van der Waals surface area contributed by atoms with Gasteiger partial charge in [0.1, 0.15) is 0 Å². The molecule has 1 aliphatic rings. The number of nitrogens with one attached hydrogen (secondary N) is 1. The third-order valence-electron chi connectivity index (χ3n) is 6.27. The van der Waals surface area contributed by atoms with Gasteiger partial charge in [0, 0.05) is 17.8 Å². The van der Waals surface area contributed by atoms with E-state index in [0.29, 0.717) is 0 Å². The first-order valence-corrected chi connectivity index (χ1v) is 11.3. The number of ketones is 1. The second kappa shape index (κ2) is 9.32. The molecule has 1 atom stereocenters. The van der Waals surface area contributed by atoms with Crippen molar-refractivity contribution >= 4 is 17.6 Å². The Kier molecular flexibility index (Phi) is 6.97. The van der Waals surface area contributed by atoms with Gasteiger partial charge in [0.15, 0.2) is 5.78 Å². The summed E-state index contributed by atoms with van der Waals surface area (Å²) in [6.07, 6.45) is -4.96. The Hall–Kier alpha value is -3.42. The Labute approximate surface area is 203 Å². The summed E-state index contributed by atoms with van der Waals surface area (Å²) in [5.74, 6) is -3.41.